The van der Waals surface area contributed by atoms with Gasteiger partial charge in [-0.15, -0.1) is 11.3 Å². The van der Waals surface area contributed by atoms with Gasteiger partial charge >= 0.3 is 0 Å². The predicted molar refractivity (Wildman–Crippen MR) is 220 cm³/mol. The number of rotatable bonds is 2. The van der Waals surface area contributed by atoms with Gasteiger partial charge in [0.05, 0.1) is 27.6 Å². The van der Waals surface area contributed by atoms with Crippen LogP contribution in [0.15, 0.2) is 170 Å². The third kappa shape index (κ3) is 3.60. The molecule has 0 atom stereocenters. The van der Waals surface area contributed by atoms with Gasteiger partial charge in [-0.1, -0.05) is 127 Å². The molecule has 8 aromatic carbocycles. The van der Waals surface area contributed by atoms with E-state index in [-0.39, 0.29) is 0 Å². The number of fused-ring (bicyclic) bond motifs is 11. The van der Waals surface area contributed by atoms with Crippen LogP contribution < -0.4 is 0 Å². The summed E-state index contributed by atoms with van der Waals surface area (Å²) in [5, 5.41) is 12.9. The number of aromatic nitrogens is 2. The number of para-hydroxylation sites is 2. The molecule has 0 amide bonds. The molecule has 0 unspecified atom stereocenters. The van der Waals surface area contributed by atoms with Gasteiger partial charge in [-0.05, 0) is 69.8 Å². The minimum absolute atomic E-state index is 1.16. The molecule has 2 nitrogen and oxygen atoms in total. The van der Waals surface area contributed by atoms with E-state index in [1.54, 1.807) is 0 Å². The van der Waals surface area contributed by atoms with Crippen LogP contribution in [0, 0.1) is 0 Å². The van der Waals surface area contributed by atoms with E-state index < -0.39 is 0 Å². The van der Waals surface area contributed by atoms with Crippen molar-refractivity contribution in [2.75, 3.05) is 0 Å². The Morgan fingerprint density at radius 1 is 0.314 bits per heavy atom. The molecule has 4 aromatic heterocycles. The predicted octanol–water partition coefficient (Wildman–Crippen LogP) is 13.7. The van der Waals surface area contributed by atoms with Crippen molar-refractivity contribution < 1.29 is 0 Å². The van der Waals surface area contributed by atoms with Crippen molar-refractivity contribution in [3.8, 4) is 16.8 Å². The van der Waals surface area contributed by atoms with E-state index in [2.05, 4.69) is 179 Å². The van der Waals surface area contributed by atoms with Crippen LogP contribution in [-0.4, -0.2) is 8.97 Å². The van der Waals surface area contributed by atoms with Gasteiger partial charge in [0.1, 0.15) is 0 Å². The third-order valence-electron chi connectivity index (χ3n) is 11.1. The number of benzene rings is 8. The molecule has 12 aromatic rings. The van der Waals surface area contributed by atoms with E-state index in [0.717, 1.165) is 5.69 Å². The van der Waals surface area contributed by atoms with Crippen molar-refractivity contribution in [3.63, 3.8) is 0 Å². The number of thiophene rings is 1. The summed E-state index contributed by atoms with van der Waals surface area (Å²) in [6.45, 7) is 0. The van der Waals surface area contributed by atoms with Crippen LogP contribution in [0.5, 0.6) is 0 Å². The van der Waals surface area contributed by atoms with Gasteiger partial charge in [-0.2, -0.15) is 0 Å². The molecule has 0 aliphatic rings. The van der Waals surface area contributed by atoms with E-state index in [1.807, 2.05) is 11.3 Å². The van der Waals surface area contributed by atoms with Crippen molar-refractivity contribution in [2.45, 2.75) is 0 Å². The summed E-state index contributed by atoms with van der Waals surface area (Å²) in [6.07, 6.45) is 0. The van der Waals surface area contributed by atoms with Gasteiger partial charge in [-0.25, -0.2) is 0 Å². The molecule has 51 heavy (non-hydrogen) atoms. The van der Waals surface area contributed by atoms with Crippen LogP contribution in [0.25, 0.3) is 108 Å². The average molecular weight is 665 g/mol. The van der Waals surface area contributed by atoms with Crippen LogP contribution in [-0.2, 0) is 0 Å². The fourth-order valence-electron chi connectivity index (χ4n) is 8.99. The lowest BCUT2D eigenvalue weighted by Crippen LogP contribution is -1.94. The third-order valence-corrected chi connectivity index (χ3v) is 12.2. The molecule has 0 aliphatic carbocycles. The minimum atomic E-state index is 1.16. The highest BCUT2D eigenvalue weighted by Crippen LogP contribution is 2.46. The van der Waals surface area contributed by atoms with Crippen LogP contribution in [0.1, 0.15) is 0 Å². The number of hydrogen-bond acceptors (Lipinski definition) is 1. The second-order valence-electron chi connectivity index (χ2n) is 13.6. The number of hydrogen-bond donors (Lipinski definition) is 0. The van der Waals surface area contributed by atoms with Gasteiger partial charge in [-0.3, -0.25) is 0 Å². The largest absolute Gasteiger partial charge is 0.309 e. The van der Waals surface area contributed by atoms with E-state index in [9.17, 15) is 0 Å². The van der Waals surface area contributed by atoms with Gasteiger partial charge in [0.2, 0.25) is 0 Å². The Labute approximate surface area is 296 Å². The summed E-state index contributed by atoms with van der Waals surface area (Å²) in [5.74, 6) is 0. The molecule has 0 aliphatic heterocycles. The minimum Gasteiger partial charge on any atom is -0.309 e. The zero-order valence-electron chi connectivity index (χ0n) is 27.5. The molecule has 0 saturated carbocycles. The molecular formula is C48H28N2S. The van der Waals surface area contributed by atoms with Crippen LogP contribution in [0.2, 0.25) is 0 Å². The fourth-order valence-corrected chi connectivity index (χ4v) is 10.1. The first-order chi connectivity index (χ1) is 25.3. The Bertz CT molecular complexity index is 3400. The summed E-state index contributed by atoms with van der Waals surface area (Å²) >= 11 is 1.90. The van der Waals surface area contributed by atoms with E-state index in [4.69, 9.17) is 0 Å². The van der Waals surface area contributed by atoms with Crippen molar-refractivity contribution in [2.24, 2.45) is 0 Å². The summed E-state index contributed by atoms with van der Waals surface area (Å²) in [5.41, 5.74) is 9.77. The summed E-state index contributed by atoms with van der Waals surface area (Å²) < 4.78 is 7.71. The zero-order chi connectivity index (χ0) is 33.2. The second kappa shape index (κ2) is 10.1. The topological polar surface area (TPSA) is 9.34 Å². The van der Waals surface area contributed by atoms with Gasteiger partial charge < -0.3 is 8.97 Å². The number of nitrogens with zero attached hydrogens (tertiary/aromatic N) is 2. The molecule has 0 radical (unpaired) electrons. The van der Waals surface area contributed by atoms with Crippen molar-refractivity contribution in [1.82, 2.24) is 8.97 Å². The van der Waals surface area contributed by atoms with Crippen LogP contribution in [0.4, 0.5) is 0 Å². The molecule has 12 rings (SSSR count). The van der Waals surface area contributed by atoms with Crippen molar-refractivity contribution in [3.05, 3.63) is 170 Å². The first-order valence-corrected chi connectivity index (χ1v) is 18.3. The highest BCUT2D eigenvalue weighted by Gasteiger charge is 2.22. The normalized spacial score (nSPS) is 12.3. The van der Waals surface area contributed by atoms with Crippen LogP contribution >= 0.6 is 11.3 Å². The molecule has 0 bridgehead atoms. The van der Waals surface area contributed by atoms with E-state index in [0.29, 0.717) is 0 Å². The highest BCUT2D eigenvalue weighted by molar-refractivity contribution is 7.26. The first kappa shape index (κ1) is 27.4. The zero-order valence-corrected chi connectivity index (χ0v) is 28.3. The molecule has 236 valence electrons. The first-order valence-electron chi connectivity index (χ1n) is 17.5. The summed E-state index contributed by atoms with van der Waals surface area (Å²) in [4.78, 5) is 0. The Balaban J connectivity index is 1.34. The molecular weight excluding hydrogens is 637 g/mol. The Kier molecular flexibility index (Phi) is 5.41. The second-order valence-corrected chi connectivity index (χ2v) is 14.7. The molecule has 0 spiro atoms. The molecule has 0 fully saturated rings. The van der Waals surface area contributed by atoms with Crippen molar-refractivity contribution >= 4 is 102 Å². The standard InChI is InChI=1S/C48H28N2S/c1-2-11-29(12-3-1)30-23-25-31(26-24-30)49-39-19-7-6-15-34(39)37-27-28-41-44(48(37)49)38-18-8-17-36-33-14-5-4-13-32(33)35-16-9-21-42-45(35)46-40(50(41)47(36)38)20-10-22-43(46)51-42/h1-28H. The monoisotopic (exact) mass is 664 g/mol. The van der Waals surface area contributed by atoms with Crippen LogP contribution in [0.3, 0.4) is 0 Å². The molecule has 0 saturated heterocycles. The smallest absolute Gasteiger partial charge is 0.0641 e. The lowest BCUT2D eigenvalue weighted by molar-refractivity contribution is 1.19. The lowest BCUT2D eigenvalue weighted by Gasteiger charge is -2.10. The Hall–Kier alpha value is -6.42. The van der Waals surface area contributed by atoms with Gasteiger partial charge in [0.25, 0.3) is 0 Å². The Morgan fingerprint density at radius 2 is 0.882 bits per heavy atom. The van der Waals surface area contributed by atoms with E-state index in [1.165, 1.54) is 102 Å². The maximum Gasteiger partial charge on any atom is 0.0641 e. The molecule has 0 N–H and O–H groups in total. The SMILES string of the molecule is c1ccc(-c2ccc(-n3c4ccccc4c4ccc5c(c6cccc7c8ccccc8c8cccc9sc%10cccc(c%10c98)n5c76)c43)cc2)cc1. The summed E-state index contributed by atoms with van der Waals surface area (Å²) in [7, 11) is 0. The fraction of sp³-hybridized carbons (Fsp3) is 0. The molecule has 4 heterocycles. The Morgan fingerprint density at radius 3 is 1.73 bits per heavy atom. The lowest BCUT2D eigenvalue weighted by atomic mass is 10.0. The maximum absolute atomic E-state index is 2.58. The van der Waals surface area contributed by atoms with E-state index >= 15 is 0 Å². The highest BCUT2D eigenvalue weighted by atomic mass is 32.1. The quantitative estimate of drug-likeness (QED) is 0.174. The summed E-state index contributed by atoms with van der Waals surface area (Å²) in [6, 6.07) is 62.9. The molecule has 3 heteroatoms. The van der Waals surface area contributed by atoms with Gasteiger partial charge in [0.15, 0.2) is 0 Å². The maximum atomic E-state index is 2.58. The van der Waals surface area contributed by atoms with Crippen molar-refractivity contribution in [1.29, 1.82) is 0 Å². The average Bonchev–Trinajstić information content (AvgIpc) is 3.86. The van der Waals surface area contributed by atoms with Gasteiger partial charge in [0, 0.05) is 52.8 Å².